The van der Waals surface area contributed by atoms with E-state index < -0.39 is 0 Å². The first-order valence-electron chi connectivity index (χ1n) is 5.02. The SMILES string of the molecule is NC(CSc1ccc(F)cc1)c1cscc1Br. The van der Waals surface area contributed by atoms with Crippen molar-refractivity contribution in [2.45, 2.75) is 10.9 Å². The predicted molar refractivity (Wildman–Crippen MR) is 76.1 cm³/mol. The Morgan fingerprint density at radius 2 is 2.00 bits per heavy atom. The highest BCUT2D eigenvalue weighted by atomic mass is 79.9. The lowest BCUT2D eigenvalue weighted by molar-refractivity contribution is 0.626. The van der Waals surface area contributed by atoms with Crippen LogP contribution in [0.1, 0.15) is 11.6 Å². The van der Waals surface area contributed by atoms with Crippen molar-refractivity contribution in [3.05, 3.63) is 50.9 Å². The summed E-state index contributed by atoms with van der Waals surface area (Å²) in [6.07, 6.45) is 0. The van der Waals surface area contributed by atoms with E-state index in [-0.39, 0.29) is 11.9 Å². The summed E-state index contributed by atoms with van der Waals surface area (Å²) < 4.78 is 13.8. The van der Waals surface area contributed by atoms with Crippen molar-refractivity contribution in [1.82, 2.24) is 0 Å². The van der Waals surface area contributed by atoms with E-state index in [0.717, 1.165) is 20.7 Å². The van der Waals surface area contributed by atoms with E-state index in [9.17, 15) is 4.39 Å². The molecule has 1 nitrogen and oxygen atoms in total. The van der Waals surface area contributed by atoms with Crippen LogP contribution in [0.25, 0.3) is 0 Å². The summed E-state index contributed by atoms with van der Waals surface area (Å²) >= 11 is 6.74. The smallest absolute Gasteiger partial charge is 0.123 e. The zero-order valence-electron chi connectivity index (χ0n) is 8.90. The molecular formula is C12H11BrFNS2. The van der Waals surface area contributed by atoms with Gasteiger partial charge in [0, 0.05) is 26.5 Å². The molecule has 90 valence electrons. The highest BCUT2D eigenvalue weighted by Gasteiger charge is 2.11. The van der Waals surface area contributed by atoms with E-state index >= 15 is 0 Å². The zero-order valence-corrected chi connectivity index (χ0v) is 12.1. The molecule has 0 aliphatic carbocycles. The summed E-state index contributed by atoms with van der Waals surface area (Å²) in [5.74, 6) is 0.570. The summed E-state index contributed by atoms with van der Waals surface area (Å²) in [4.78, 5) is 1.04. The van der Waals surface area contributed by atoms with Gasteiger partial charge in [0.25, 0.3) is 0 Å². The Bertz CT molecular complexity index is 484. The number of nitrogens with two attached hydrogens (primary N) is 1. The Balaban J connectivity index is 1.94. The van der Waals surface area contributed by atoms with E-state index in [1.54, 1.807) is 35.2 Å². The third-order valence-corrected chi connectivity index (χ3v) is 5.17. The van der Waals surface area contributed by atoms with Crippen molar-refractivity contribution in [2.75, 3.05) is 5.75 Å². The summed E-state index contributed by atoms with van der Waals surface area (Å²) in [5, 5.41) is 4.08. The molecule has 1 aromatic carbocycles. The number of benzene rings is 1. The van der Waals surface area contributed by atoms with Crippen molar-refractivity contribution >= 4 is 39.0 Å². The van der Waals surface area contributed by atoms with Gasteiger partial charge >= 0.3 is 0 Å². The van der Waals surface area contributed by atoms with Gasteiger partial charge in [-0.2, -0.15) is 11.3 Å². The first-order chi connectivity index (χ1) is 8.16. The van der Waals surface area contributed by atoms with Crippen LogP contribution in [-0.4, -0.2) is 5.75 Å². The Morgan fingerprint density at radius 1 is 1.29 bits per heavy atom. The van der Waals surface area contributed by atoms with Crippen molar-refractivity contribution in [3.8, 4) is 0 Å². The average Bonchev–Trinajstić information content (AvgIpc) is 2.74. The average molecular weight is 332 g/mol. The van der Waals surface area contributed by atoms with Gasteiger partial charge in [-0.05, 0) is 51.1 Å². The Kier molecular flexibility index (Phi) is 4.62. The maximum absolute atomic E-state index is 12.7. The lowest BCUT2D eigenvalue weighted by Gasteiger charge is -2.10. The molecule has 2 rings (SSSR count). The molecule has 5 heteroatoms. The molecule has 1 atom stereocenters. The van der Waals surface area contributed by atoms with Crippen LogP contribution in [0.15, 0.2) is 44.4 Å². The molecule has 2 aromatic rings. The van der Waals surface area contributed by atoms with Crippen LogP contribution in [0.5, 0.6) is 0 Å². The molecule has 0 saturated carbocycles. The van der Waals surface area contributed by atoms with Crippen LogP contribution in [-0.2, 0) is 0 Å². The minimum atomic E-state index is -0.209. The molecular weight excluding hydrogens is 321 g/mol. The van der Waals surface area contributed by atoms with Crippen LogP contribution in [0.2, 0.25) is 0 Å². The van der Waals surface area contributed by atoms with Crippen molar-refractivity contribution < 1.29 is 4.39 Å². The lowest BCUT2D eigenvalue weighted by Crippen LogP contribution is -2.12. The van der Waals surface area contributed by atoms with Crippen molar-refractivity contribution in [2.24, 2.45) is 5.73 Å². The molecule has 0 radical (unpaired) electrons. The van der Waals surface area contributed by atoms with Gasteiger partial charge < -0.3 is 5.73 Å². The second kappa shape index (κ2) is 6.00. The molecule has 0 fully saturated rings. The molecule has 0 spiro atoms. The van der Waals surface area contributed by atoms with Crippen LogP contribution < -0.4 is 5.73 Å². The first kappa shape index (κ1) is 13.1. The van der Waals surface area contributed by atoms with Gasteiger partial charge in [0.15, 0.2) is 0 Å². The van der Waals surface area contributed by atoms with Crippen molar-refractivity contribution in [1.29, 1.82) is 0 Å². The van der Waals surface area contributed by atoms with E-state index in [1.807, 2.05) is 5.38 Å². The van der Waals surface area contributed by atoms with E-state index in [0.29, 0.717) is 0 Å². The van der Waals surface area contributed by atoms with E-state index in [4.69, 9.17) is 5.73 Å². The molecule has 1 unspecified atom stereocenters. The molecule has 0 amide bonds. The first-order valence-corrected chi connectivity index (χ1v) is 7.74. The Labute approximate surface area is 116 Å². The molecule has 0 aliphatic rings. The third-order valence-electron chi connectivity index (χ3n) is 2.28. The fourth-order valence-electron chi connectivity index (χ4n) is 1.36. The summed E-state index contributed by atoms with van der Waals surface area (Å²) in [6.45, 7) is 0. The summed E-state index contributed by atoms with van der Waals surface area (Å²) in [7, 11) is 0. The second-order valence-electron chi connectivity index (χ2n) is 3.55. The number of thiophene rings is 1. The largest absolute Gasteiger partial charge is 0.323 e. The minimum absolute atomic E-state index is 0.00863. The number of hydrogen-bond donors (Lipinski definition) is 1. The summed E-state index contributed by atoms with van der Waals surface area (Å²) in [5.41, 5.74) is 7.23. The number of rotatable bonds is 4. The fourth-order valence-corrected chi connectivity index (χ4v) is 3.90. The van der Waals surface area contributed by atoms with Gasteiger partial charge in [0.1, 0.15) is 5.82 Å². The van der Waals surface area contributed by atoms with Gasteiger partial charge in [0.05, 0.1) is 0 Å². The molecule has 2 N–H and O–H groups in total. The van der Waals surface area contributed by atoms with Crippen LogP contribution in [0.3, 0.4) is 0 Å². The topological polar surface area (TPSA) is 26.0 Å². The minimum Gasteiger partial charge on any atom is -0.323 e. The molecule has 0 bridgehead atoms. The molecule has 0 saturated heterocycles. The normalized spacial score (nSPS) is 12.6. The lowest BCUT2D eigenvalue weighted by atomic mass is 10.2. The molecule has 17 heavy (non-hydrogen) atoms. The van der Waals surface area contributed by atoms with E-state index in [2.05, 4.69) is 21.3 Å². The Morgan fingerprint density at radius 3 is 2.59 bits per heavy atom. The molecule has 1 aromatic heterocycles. The van der Waals surface area contributed by atoms with Gasteiger partial charge in [-0.25, -0.2) is 4.39 Å². The number of halogens is 2. The highest BCUT2D eigenvalue weighted by molar-refractivity contribution is 9.10. The zero-order chi connectivity index (χ0) is 12.3. The number of hydrogen-bond acceptors (Lipinski definition) is 3. The molecule has 1 heterocycles. The Hall–Kier alpha value is -0.360. The molecule has 0 aliphatic heterocycles. The standard InChI is InChI=1S/C12H11BrFNS2/c13-11-6-16-5-10(11)12(15)7-17-9-3-1-8(14)2-4-9/h1-6,12H,7,15H2. The van der Waals surface area contributed by atoms with Gasteiger partial charge in [-0.15, -0.1) is 11.8 Å². The second-order valence-corrected chi connectivity index (χ2v) is 6.24. The summed E-state index contributed by atoms with van der Waals surface area (Å²) in [6, 6.07) is 6.47. The van der Waals surface area contributed by atoms with Gasteiger partial charge in [0.2, 0.25) is 0 Å². The highest BCUT2D eigenvalue weighted by Crippen LogP contribution is 2.30. The van der Waals surface area contributed by atoms with Crippen LogP contribution in [0.4, 0.5) is 4.39 Å². The maximum Gasteiger partial charge on any atom is 0.123 e. The van der Waals surface area contributed by atoms with Crippen molar-refractivity contribution in [3.63, 3.8) is 0 Å². The number of thioether (sulfide) groups is 1. The van der Waals surface area contributed by atoms with Gasteiger partial charge in [-0.1, -0.05) is 0 Å². The van der Waals surface area contributed by atoms with E-state index in [1.165, 1.54) is 12.1 Å². The predicted octanol–water partition coefficient (Wildman–Crippen LogP) is 4.44. The fraction of sp³-hybridized carbons (Fsp3) is 0.167. The maximum atomic E-state index is 12.7. The third kappa shape index (κ3) is 3.55. The van der Waals surface area contributed by atoms with Crippen LogP contribution in [0, 0.1) is 5.82 Å². The van der Waals surface area contributed by atoms with Crippen LogP contribution >= 0.6 is 39.0 Å². The monoisotopic (exact) mass is 331 g/mol. The van der Waals surface area contributed by atoms with Gasteiger partial charge in [-0.3, -0.25) is 0 Å². The quantitative estimate of drug-likeness (QED) is 0.838.